The standard InChI is InChI=1S/C10H19F3N2O/c1-4-15-9(2,3)8(16)14-7-5-6-10(11,12)13/h15H,4-7H2,1-3H3,(H,14,16). The monoisotopic (exact) mass is 240 g/mol. The van der Waals surface area contributed by atoms with Crippen molar-refractivity contribution in [2.24, 2.45) is 0 Å². The van der Waals surface area contributed by atoms with Crippen LogP contribution in [0.15, 0.2) is 0 Å². The molecule has 0 rings (SSSR count). The molecule has 0 aromatic carbocycles. The van der Waals surface area contributed by atoms with Gasteiger partial charge in [-0.1, -0.05) is 6.92 Å². The van der Waals surface area contributed by atoms with E-state index in [1.165, 1.54) is 0 Å². The van der Waals surface area contributed by atoms with Crippen molar-refractivity contribution < 1.29 is 18.0 Å². The van der Waals surface area contributed by atoms with Crippen molar-refractivity contribution in [3.63, 3.8) is 0 Å². The van der Waals surface area contributed by atoms with Gasteiger partial charge in [-0.25, -0.2) is 0 Å². The Morgan fingerprint density at radius 3 is 2.25 bits per heavy atom. The minimum Gasteiger partial charge on any atom is -0.355 e. The summed E-state index contributed by atoms with van der Waals surface area (Å²) in [6.07, 6.45) is -5.10. The largest absolute Gasteiger partial charge is 0.389 e. The highest BCUT2D eigenvalue weighted by Gasteiger charge is 2.28. The highest BCUT2D eigenvalue weighted by atomic mass is 19.4. The molecular formula is C10H19F3N2O. The van der Waals surface area contributed by atoms with Gasteiger partial charge in [-0.3, -0.25) is 4.79 Å². The van der Waals surface area contributed by atoms with Crippen LogP contribution in [0.4, 0.5) is 13.2 Å². The van der Waals surface area contributed by atoms with Crippen molar-refractivity contribution in [1.29, 1.82) is 0 Å². The van der Waals surface area contributed by atoms with Gasteiger partial charge >= 0.3 is 6.18 Å². The molecule has 0 heterocycles. The fourth-order valence-electron chi connectivity index (χ4n) is 1.23. The number of carbonyl (C=O) groups excluding carboxylic acids is 1. The van der Waals surface area contributed by atoms with Gasteiger partial charge in [-0.2, -0.15) is 13.2 Å². The summed E-state index contributed by atoms with van der Waals surface area (Å²) in [6, 6.07) is 0. The van der Waals surface area contributed by atoms with Crippen molar-refractivity contribution in [3.05, 3.63) is 0 Å². The number of nitrogens with one attached hydrogen (secondary N) is 2. The summed E-state index contributed by atoms with van der Waals surface area (Å²) in [6.45, 7) is 5.92. The number of amides is 1. The van der Waals surface area contributed by atoms with Crippen LogP contribution in [-0.2, 0) is 4.79 Å². The van der Waals surface area contributed by atoms with Gasteiger partial charge in [0.15, 0.2) is 0 Å². The van der Waals surface area contributed by atoms with Crippen LogP contribution in [0.1, 0.15) is 33.6 Å². The molecule has 96 valence electrons. The van der Waals surface area contributed by atoms with Gasteiger partial charge in [0.25, 0.3) is 0 Å². The van der Waals surface area contributed by atoms with E-state index in [-0.39, 0.29) is 18.9 Å². The molecule has 0 unspecified atom stereocenters. The summed E-state index contributed by atoms with van der Waals surface area (Å²) in [5.74, 6) is -0.281. The Kier molecular flexibility index (Phi) is 5.78. The smallest absolute Gasteiger partial charge is 0.355 e. The van der Waals surface area contributed by atoms with Gasteiger partial charge in [-0.15, -0.1) is 0 Å². The lowest BCUT2D eigenvalue weighted by Gasteiger charge is -2.24. The Bertz CT molecular complexity index is 227. The Hall–Kier alpha value is -0.780. The van der Waals surface area contributed by atoms with Crippen LogP contribution in [-0.4, -0.2) is 30.7 Å². The first kappa shape index (κ1) is 15.2. The van der Waals surface area contributed by atoms with E-state index >= 15 is 0 Å². The van der Waals surface area contributed by atoms with Gasteiger partial charge in [-0.05, 0) is 26.8 Å². The fourth-order valence-corrected chi connectivity index (χ4v) is 1.23. The van der Waals surface area contributed by atoms with E-state index in [4.69, 9.17) is 0 Å². The molecule has 2 N–H and O–H groups in total. The van der Waals surface area contributed by atoms with Crippen molar-refractivity contribution in [2.45, 2.75) is 45.3 Å². The van der Waals surface area contributed by atoms with Crippen LogP contribution in [0.5, 0.6) is 0 Å². The minimum absolute atomic E-state index is 0.0488. The molecule has 3 nitrogen and oxygen atoms in total. The van der Waals surface area contributed by atoms with E-state index in [1.54, 1.807) is 13.8 Å². The molecule has 0 fully saturated rings. The number of alkyl halides is 3. The van der Waals surface area contributed by atoms with Crippen molar-refractivity contribution in [2.75, 3.05) is 13.1 Å². The summed E-state index contributed by atoms with van der Waals surface area (Å²) in [5.41, 5.74) is -0.743. The quantitative estimate of drug-likeness (QED) is 0.695. The minimum atomic E-state index is -4.15. The van der Waals surface area contributed by atoms with Gasteiger partial charge < -0.3 is 10.6 Å². The number of hydrogen-bond acceptors (Lipinski definition) is 2. The zero-order valence-electron chi connectivity index (χ0n) is 9.87. The predicted molar refractivity (Wildman–Crippen MR) is 56.1 cm³/mol. The summed E-state index contributed by atoms with van der Waals surface area (Å²) in [4.78, 5) is 11.5. The van der Waals surface area contributed by atoms with Gasteiger partial charge in [0, 0.05) is 13.0 Å². The van der Waals surface area contributed by atoms with E-state index in [0.29, 0.717) is 6.54 Å². The maximum Gasteiger partial charge on any atom is 0.389 e. The molecule has 0 saturated carbocycles. The molecule has 0 aromatic heterocycles. The molecule has 0 bridgehead atoms. The molecular weight excluding hydrogens is 221 g/mol. The molecule has 0 aromatic rings. The SMILES string of the molecule is CCNC(C)(C)C(=O)NCCCC(F)(F)F. The number of likely N-dealkylation sites (N-methyl/N-ethyl adjacent to an activating group) is 1. The second-order valence-electron chi connectivity index (χ2n) is 4.13. The van der Waals surface area contributed by atoms with Crippen LogP contribution in [0.2, 0.25) is 0 Å². The maximum absolute atomic E-state index is 11.8. The molecule has 16 heavy (non-hydrogen) atoms. The van der Waals surface area contributed by atoms with Crippen LogP contribution < -0.4 is 10.6 Å². The molecule has 0 atom stereocenters. The Balaban J connectivity index is 3.82. The molecule has 0 radical (unpaired) electrons. The number of rotatable bonds is 6. The second kappa shape index (κ2) is 6.08. The number of carbonyl (C=O) groups is 1. The third kappa shape index (κ3) is 6.66. The summed E-state index contributed by atoms with van der Waals surface area (Å²) in [7, 11) is 0. The molecule has 0 saturated heterocycles. The highest BCUT2D eigenvalue weighted by molar-refractivity contribution is 5.85. The zero-order valence-corrected chi connectivity index (χ0v) is 9.87. The zero-order chi connectivity index (χ0) is 12.8. The van der Waals surface area contributed by atoms with E-state index in [0.717, 1.165) is 0 Å². The number of hydrogen-bond donors (Lipinski definition) is 2. The molecule has 0 aliphatic carbocycles. The third-order valence-electron chi connectivity index (χ3n) is 2.11. The summed E-state index contributed by atoms with van der Waals surface area (Å²) >= 11 is 0. The summed E-state index contributed by atoms with van der Waals surface area (Å²) in [5, 5.41) is 5.42. The van der Waals surface area contributed by atoms with Crippen molar-refractivity contribution >= 4 is 5.91 Å². The van der Waals surface area contributed by atoms with Gasteiger partial charge in [0.1, 0.15) is 0 Å². The molecule has 0 aliphatic heterocycles. The molecule has 0 spiro atoms. The first-order chi connectivity index (χ1) is 7.19. The average molecular weight is 240 g/mol. The highest BCUT2D eigenvalue weighted by Crippen LogP contribution is 2.20. The van der Waals surface area contributed by atoms with Crippen molar-refractivity contribution in [3.8, 4) is 0 Å². The Labute approximate surface area is 93.8 Å². The Morgan fingerprint density at radius 1 is 1.25 bits per heavy atom. The van der Waals surface area contributed by atoms with Gasteiger partial charge in [0.05, 0.1) is 5.54 Å². The van der Waals surface area contributed by atoms with Crippen molar-refractivity contribution in [1.82, 2.24) is 10.6 Å². The fraction of sp³-hybridized carbons (Fsp3) is 0.900. The van der Waals surface area contributed by atoms with E-state index in [2.05, 4.69) is 10.6 Å². The van der Waals surface area contributed by atoms with E-state index in [1.807, 2.05) is 6.92 Å². The lowest BCUT2D eigenvalue weighted by molar-refractivity contribution is -0.136. The van der Waals surface area contributed by atoms with Crippen LogP contribution >= 0.6 is 0 Å². The lowest BCUT2D eigenvalue weighted by Crippen LogP contribution is -2.52. The normalized spacial score (nSPS) is 12.6. The summed E-state index contributed by atoms with van der Waals surface area (Å²) < 4.78 is 35.4. The average Bonchev–Trinajstić information content (AvgIpc) is 2.10. The first-order valence-electron chi connectivity index (χ1n) is 5.29. The Morgan fingerprint density at radius 2 is 1.81 bits per heavy atom. The first-order valence-corrected chi connectivity index (χ1v) is 5.29. The topological polar surface area (TPSA) is 41.1 Å². The number of halogens is 3. The third-order valence-corrected chi connectivity index (χ3v) is 2.11. The second-order valence-corrected chi connectivity index (χ2v) is 4.13. The predicted octanol–water partition coefficient (Wildman–Crippen LogP) is 1.83. The van der Waals surface area contributed by atoms with Crippen LogP contribution in [0.3, 0.4) is 0 Å². The van der Waals surface area contributed by atoms with Crippen LogP contribution in [0.25, 0.3) is 0 Å². The molecule has 1 amide bonds. The lowest BCUT2D eigenvalue weighted by atomic mass is 10.0. The maximum atomic E-state index is 11.8. The van der Waals surface area contributed by atoms with Gasteiger partial charge in [0.2, 0.25) is 5.91 Å². The van der Waals surface area contributed by atoms with E-state index < -0.39 is 18.1 Å². The molecule has 6 heteroatoms. The molecule has 0 aliphatic rings. The van der Waals surface area contributed by atoms with Crippen LogP contribution in [0, 0.1) is 0 Å². The van der Waals surface area contributed by atoms with E-state index in [9.17, 15) is 18.0 Å².